The van der Waals surface area contributed by atoms with Gasteiger partial charge < -0.3 is 10.1 Å². The molecule has 2 heterocycles. The van der Waals surface area contributed by atoms with Crippen LogP contribution in [0.4, 0.5) is 9.80 Å². The monoisotopic (exact) mass is 418 g/mol. The fourth-order valence-corrected chi connectivity index (χ4v) is 6.53. The number of carbonyl (C=O) groups is 2. The van der Waals surface area contributed by atoms with E-state index in [1.54, 1.807) is 18.3 Å². The molecule has 2 aliphatic carbocycles. The summed E-state index contributed by atoms with van der Waals surface area (Å²) in [5, 5.41) is 8.69. The second-order valence-electron chi connectivity index (χ2n) is 7.31. The van der Waals surface area contributed by atoms with Gasteiger partial charge in [-0.2, -0.15) is 0 Å². The van der Waals surface area contributed by atoms with Crippen LogP contribution >= 0.6 is 22.7 Å². The molecule has 0 aliphatic heterocycles. The molecule has 2 N–H and O–H groups in total. The summed E-state index contributed by atoms with van der Waals surface area (Å²) in [7, 11) is 0. The number of hydrogen-bond acceptors (Lipinski definition) is 5. The van der Waals surface area contributed by atoms with Crippen molar-refractivity contribution in [3.8, 4) is 0 Å². The molecule has 0 saturated heterocycles. The van der Waals surface area contributed by atoms with Crippen LogP contribution in [0.5, 0.6) is 0 Å². The van der Waals surface area contributed by atoms with Crippen LogP contribution in [-0.2, 0) is 37.0 Å². The van der Waals surface area contributed by atoms with Crippen molar-refractivity contribution in [3.05, 3.63) is 37.4 Å². The van der Waals surface area contributed by atoms with E-state index < -0.39 is 0 Å². The Labute approximate surface area is 173 Å². The molecule has 0 spiro atoms. The van der Waals surface area contributed by atoms with Crippen LogP contribution in [0.2, 0.25) is 0 Å². The number of thiophene rings is 2. The number of aryl methyl sites for hydroxylation is 2. The third kappa shape index (κ3) is 3.96. The van der Waals surface area contributed by atoms with E-state index in [1.165, 1.54) is 45.1 Å². The Morgan fingerprint density at radius 1 is 1.04 bits per heavy atom. The number of nitrogens with one attached hydrogen (secondary N) is 2. The lowest BCUT2D eigenvalue weighted by molar-refractivity contribution is 0.0526. The van der Waals surface area contributed by atoms with Crippen molar-refractivity contribution in [1.82, 2.24) is 5.32 Å². The van der Waals surface area contributed by atoms with E-state index in [-0.39, 0.29) is 12.0 Å². The van der Waals surface area contributed by atoms with Gasteiger partial charge in [0.1, 0.15) is 5.00 Å². The highest BCUT2D eigenvalue weighted by atomic mass is 32.1. The highest BCUT2D eigenvalue weighted by Crippen LogP contribution is 2.38. The van der Waals surface area contributed by atoms with Crippen LogP contribution in [0.15, 0.2) is 5.38 Å². The Balaban J connectivity index is 1.46. The fraction of sp³-hybridized carbons (Fsp3) is 0.524. The molecule has 0 radical (unpaired) electrons. The molecule has 2 aliphatic rings. The van der Waals surface area contributed by atoms with Crippen LogP contribution in [0.3, 0.4) is 0 Å². The molecule has 0 aromatic carbocycles. The van der Waals surface area contributed by atoms with E-state index >= 15 is 0 Å². The third-order valence-corrected chi connectivity index (χ3v) is 7.81. The number of anilines is 1. The SMILES string of the molecule is CCOC(=O)c1c(NC(=O)NCc2csc3c2CCCC3)sc2c1CCCC2. The summed E-state index contributed by atoms with van der Waals surface area (Å²) in [5.74, 6) is -0.330. The Morgan fingerprint density at radius 3 is 2.54 bits per heavy atom. The standard InChI is InChI=1S/C21H26N2O3S2/c1-2-26-20(24)18-15-8-4-6-10-17(15)28-19(18)23-21(25)22-11-13-12-27-16-9-5-3-7-14(13)16/h12H,2-11H2,1H3,(H2,22,23,25). The van der Waals surface area contributed by atoms with Crippen molar-refractivity contribution in [1.29, 1.82) is 0 Å². The predicted molar refractivity (Wildman–Crippen MR) is 114 cm³/mol. The number of hydrogen-bond donors (Lipinski definition) is 2. The summed E-state index contributed by atoms with van der Waals surface area (Å²) in [4.78, 5) is 27.7. The predicted octanol–water partition coefficient (Wildman–Crippen LogP) is 5.07. The molecule has 150 valence electrons. The molecule has 0 unspecified atom stereocenters. The molecule has 2 aromatic rings. The number of urea groups is 1. The zero-order valence-electron chi connectivity index (χ0n) is 16.2. The maximum Gasteiger partial charge on any atom is 0.341 e. The molecular formula is C21H26N2O3S2. The number of rotatable bonds is 5. The van der Waals surface area contributed by atoms with Gasteiger partial charge in [-0.25, -0.2) is 9.59 Å². The van der Waals surface area contributed by atoms with Gasteiger partial charge in [-0.3, -0.25) is 5.32 Å². The van der Waals surface area contributed by atoms with E-state index in [0.29, 0.717) is 23.7 Å². The Bertz CT molecular complexity index is 885. The van der Waals surface area contributed by atoms with E-state index in [2.05, 4.69) is 16.0 Å². The molecular weight excluding hydrogens is 392 g/mol. The van der Waals surface area contributed by atoms with E-state index in [1.807, 2.05) is 0 Å². The van der Waals surface area contributed by atoms with Gasteiger partial charge in [0.05, 0.1) is 12.2 Å². The van der Waals surface area contributed by atoms with Crippen molar-refractivity contribution < 1.29 is 14.3 Å². The molecule has 0 saturated carbocycles. The maximum atomic E-state index is 12.6. The molecule has 2 aromatic heterocycles. The summed E-state index contributed by atoms with van der Waals surface area (Å²) in [6.45, 7) is 2.66. The van der Waals surface area contributed by atoms with Gasteiger partial charge >= 0.3 is 12.0 Å². The van der Waals surface area contributed by atoms with E-state index in [9.17, 15) is 9.59 Å². The van der Waals surface area contributed by atoms with Gasteiger partial charge in [0.15, 0.2) is 0 Å². The van der Waals surface area contributed by atoms with Gasteiger partial charge in [-0.15, -0.1) is 22.7 Å². The first-order chi connectivity index (χ1) is 13.7. The lowest BCUT2D eigenvalue weighted by atomic mass is 9.95. The number of esters is 1. The van der Waals surface area contributed by atoms with Crippen LogP contribution in [0, 0.1) is 0 Å². The Kier molecular flexibility index (Phi) is 6.01. The molecule has 0 fully saturated rings. The quantitative estimate of drug-likeness (QED) is 0.667. The number of carbonyl (C=O) groups excluding carboxylic acids is 2. The fourth-order valence-electron chi connectivity index (χ4n) is 4.11. The molecule has 0 bridgehead atoms. The topological polar surface area (TPSA) is 67.4 Å². The maximum absolute atomic E-state index is 12.6. The second-order valence-corrected chi connectivity index (χ2v) is 9.38. The van der Waals surface area contributed by atoms with Crippen molar-refractivity contribution in [2.24, 2.45) is 0 Å². The smallest absolute Gasteiger partial charge is 0.341 e. The average Bonchev–Trinajstić information content (AvgIpc) is 3.27. The van der Waals surface area contributed by atoms with Crippen LogP contribution in [0.25, 0.3) is 0 Å². The second kappa shape index (κ2) is 8.66. The van der Waals surface area contributed by atoms with Crippen molar-refractivity contribution >= 4 is 39.7 Å². The molecule has 5 nitrogen and oxygen atoms in total. The highest BCUT2D eigenvalue weighted by molar-refractivity contribution is 7.17. The summed E-state index contributed by atoms with van der Waals surface area (Å²) in [6.07, 6.45) is 8.82. The van der Waals surface area contributed by atoms with Gasteiger partial charge in [0.25, 0.3) is 0 Å². The van der Waals surface area contributed by atoms with Gasteiger partial charge in [0, 0.05) is 16.3 Å². The van der Waals surface area contributed by atoms with Gasteiger partial charge in [0.2, 0.25) is 0 Å². The normalized spacial score (nSPS) is 15.5. The minimum atomic E-state index is -0.330. The van der Waals surface area contributed by atoms with E-state index in [4.69, 9.17) is 4.74 Å². The minimum absolute atomic E-state index is 0.264. The summed E-state index contributed by atoms with van der Waals surface area (Å²) in [5.41, 5.74) is 4.28. The molecule has 7 heteroatoms. The molecule has 0 atom stereocenters. The first-order valence-electron chi connectivity index (χ1n) is 10.1. The average molecular weight is 419 g/mol. The highest BCUT2D eigenvalue weighted by Gasteiger charge is 2.27. The van der Waals surface area contributed by atoms with Gasteiger partial charge in [-0.05, 0) is 80.4 Å². The largest absolute Gasteiger partial charge is 0.462 e. The summed E-state index contributed by atoms with van der Waals surface area (Å²) >= 11 is 3.33. The van der Waals surface area contributed by atoms with Crippen molar-refractivity contribution in [2.75, 3.05) is 11.9 Å². The first kappa shape index (κ1) is 19.5. The Hall–Kier alpha value is -1.86. The zero-order chi connectivity index (χ0) is 19.5. The molecule has 28 heavy (non-hydrogen) atoms. The summed E-state index contributed by atoms with van der Waals surface area (Å²) < 4.78 is 5.25. The van der Waals surface area contributed by atoms with Crippen LogP contribution in [-0.4, -0.2) is 18.6 Å². The number of fused-ring (bicyclic) bond motifs is 2. The molecule has 4 rings (SSSR count). The third-order valence-electron chi connectivity index (χ3n) is 5.47. The van der Waals surface area contributed by atoms with Crippen molar-refractivity contribution in [3.63, 3.8) is 0 Å². The lowest BCUT2D eigenvalue weighted by Gasteiger charge is -2.14. The molecule has 2 amide bonds. The lowest BCUT2D eigenvalue weighted by Crippen LogP contribution is -2.29. The van der Waals surface area contributed by atoms with Crippen LogP contribution < -0.4 is 10.6 Å². The minimum Gasteiger partial charge on any atom is -0.462 e. The van der Waals surface area contributed by atoms with Crippen molar-refractivity contribution in [2.45, 2.75) is 64.8 Å². The zero-order valence-corrected chi connectivity index (χ0v) is 17.8. The number of amides is 2. The summed E-state index contributed by atoms with van der Waals surface area (Å²) in [6, 6.07) is -0.264. The Morgan fingerprint density at radius 2 is 1.75 bits per heavy atom. The van der Waals surface area contributed by atoms with Crippen LogP contribution in [0.1, 0.15) is 69.4 Å². The first-order valence-corrected chi connectivity index (χ1v) is 11.8. The van der Waals surface area contributed by atoms with Gasteiger partial charge in [-0.1, -0.05) is 0 Å². The van der Waals surface area contributed by atoms with E-state index in [0.717, 1.165) is 44.1 Å². The number of ether oxygens (including phenoxy) is 1.